The Labute approximate surface area is 197 Å². The highest BCUT2D eigenvalue weighted by Crippen LogP contribution is 2.59. The second kappa shape index (κ2) is 9.18. The Bertz CT molecular complexity index is 926. The molecular weight excluding hydrogens is 457 g/mol. The zero-order chi connectivity index (χ0) is 21.6. The van der Waals surface area contributed by atoms with E-state index in [2.05, 4.69) is 26.7 Å². The summed E-state index contributed by atoms with van der Waals surface area (Å²) in [5.41, 5.74) is 0.592. The Kier molecular flexibility index (Phi) is 6.86. The highest BCUT2D eigenvalue weighted by Gasteiger charge is 2.60. The van der Waals surface area contributed by atoms with E-state index in [-0.39, 0.29) is 17.8 Å². The van der Waals surface area contributed by atoms with Gasteiger partial charge in [0.1, 0.15) is 5.82 Å². The Hall–Kier alpha value is -1.25. The van der Waals surface area contributed by atoms with E-state index in [4.69, 9.17) is 0 Å². The van der Waals surface area contributed by atoms with Crippen molar-refractivity contribution >= 4 is 24.2 Å². The van der Waals surface area contributed by atoms with Crippen molar-refractivity contribution in [3.05, 3.63) is 41.2 Å². The van der Waals surface area contributed by atoms with Gasteiger partial charge in [-0.3, -0.25) is 0 Å². The normalized spacial score (nSPS) is 25.7. The molecule has 2 heterocycles. The van der Waals surface area contributed by atoms with Gasteiger partial charge in [0.15, 0.2) is 5.16 Å². The smallest absolute Gasteiger partial charge is 0.309 e. The minimum atomic E-state index is -4.26. The number of rotatable bonds is 7. The summed E-state index contributed by atoms with van der Waals surface area (Å²) in [6.45, 7) is 3.05. The van der Waals surface area contributed by atoms with Crippen molar-refractivity contribution in [2.75, 3.05) is 25.4 Å². The van der Waals surface area contributed by atoms with Crippen LogP contribution >= 0.6 is 24.2 Å². The zero-order valence-electron chi connectivity index (χ0n) is 18.3. The number of halogens is 4. The molecule has 4 nitrogen and oxygen atoms in total. The van der Waals surface area contributed by atoms with Crippen molar-refractivity contribution in [2.24, 2.45) is 13.0 Å². The number of hydrogen-bond acceptors (Lipinski definition) is 4. The maximum absolute atomic E-state index is 12.8. The Balaban J connectivity index is 0.00000245. The number of alkyl halides is 3. The SMILES string of the molecule is Cl.Cn1c(SCCCN2C[C@@H]3C[C@]3(c3ccc(C(F)(F)F)cc3)C2)nnc1C1CCCC1. The van der Waals surface area contributed by atoms with Crippen LogP contribution in [0, 0.1) is 5.92 Å². The van der Waals surface area contributed by atoms with Gasteiger partial charge in [-0.05, 0) is 55.8 Å². The summed E-state index contributed by atoms with van der Waals surface area (Å²) >= 11 is 1.78. The number of fused-ring (bicyclic) bond motifs is 1. The number of likely N-dealkylation sites (tertiary alicyclic amines) is 1. The van der Waals surface area contributed by atoms with Gasteiger partial charge in [0.2, 0.25) is 0 Å². The van der Waals surface area contributed by atoms with Crippen LogP contribution in [-0.2, 0) is 18.6 Å². The molecule has 2 aromatic rings. The van der Waals surface area contributed by atoms with Gasteiger partial charge in [0.05, 0.1) is 5.56 Å². The summed E-state index contributed by atoms with van der Waals surface area (Å²) in [5, 5.41) is 9.86. The summed E-state index contributed by atoms with van der Waals surface area (Å²) in [6, 6.07) is 5.86. The largest absolute Gasteiger partial charge is 0.416 e. The number of aromatic nitrogens is 3. The highest BCUT2D eigenvalue weighted by molar-refractivity contribution is 7.99. The van der Waals surface area contributed by atoms with E-state index in [1.807, 2.05) is 0 Å². The van der Waals surface area contributed by atoms with Crippen LogP contribution in [0.2, 0.25) is 0 Å². The average Bonchev–Trinajstić information content (AvgIpc) is 3.15. The van der Waals surface area contributed by atoms with Crippen LogP contribution in [0.1, 0.15) is 61.4 Å². The third-order valence-electron chi connectivity index (χ3n) is 7.44. The van der Waals surface area contributed by atoms with Gasteiger partial charge >= 0.3 is 6.18 Å². The molecule has 1 aliphatic heterocycles. The van der Waals surface area contributed by atoms with E-state index in [0.29, 0.717) is 11.8 Å². The van der Waals surface area contributed by atoms with Gasteiger partial charge < -0.3 is 9.47 Å². The lowest BCUT2D eigenvalue weighted by Gasteiger charge is -2.21. The topological polar surface area (TPSA) is 34.0 Å². The summed E-state index contributed by atoms with van der Waals surface area (Å²) in [4.78, 5) is 2.48. The van der Waals surface area contributed by atoms with E-state index in [9.17, 15) is 13.2 Å². The molecule has 3 aliphatic rings. The Morgan fingerprint density at radius 2 is 1.84 bits per heavy atom. The first-order valence-electron chi connectivity index (χ1n) is 11.3. The standard InChI is InChI=1S/C23H29F3N4S.ClH/c1-29-20(16-5-2-3-6-16)27-28-21(29)31-12-4-11-30-14-19-13-22(19,15-30)17-7-9-18(10-8-17)23(24,25)26;/h7-10,16,19H,2-6,11-15H2,1H3;1H/t19-,22+;/m0./s1. The van der Waals surface area contributed by atoms with Crippen molar-refractivity contribution in [1.29, 1.82) is 0 Å². The number of piperidine rings is 1. The van der Waals surface area contributed by atoms with Crippen molar-refractivity contribution in [3.8, 4) is 0 Å². The maximum Gasteiger partial charge on any atom is 0.416 e. The molecule has 1 saturated heterocycles. The third-order valence-corrected chi connectivity index (χ3v) is 8.55. The molecule has 1 aromatic carbocycles. The lowest BCUT2D eigenvalue weighted by molar-refractivity contribution is -0.137. The van der Waals surface area contributed by atoms with Crippen LogP contribution in [0.15, 0.2) is 29.4 Å². The van der Waals surface area contributed by atoms with E-state index in [1.54, 1.807) is 23.9 Å². The third kappa shape index (κ3) is 4.55. The second-order valence-corrected chi connectivity index (χ2v) is 10.5. The van der Waals surface area contributed by atoms with Crippen molar-refractivity contribution in [2.45, 2.75) is 61.2 Å². The number of thioether (sulfide) groups is 1. The summed E-state index contributed by atoms with van der Waals surface area (Å²) in [5.74, 6) is 3.30. The molecule has 2 saturated carbocycles. The molecule has 0 N–H and O–H groups in total. The first-order valence-corrected chi connectivity index (χ1v) is 12.3. The summed E-state index contributed by atoms with van der Waals surface area (Å²) < 4.78 is 40.7. The van der Waals surface area contributed by atoms with Gasteiger partial charge in [-0.15, -0.1) is 22.6 Å². The second-order valence-electron chi connectivity index (χ2n) is 9.45. The van der Waals surface area contributed by atoms with Crippen LogP contribution in [0.3, 0.4) is 0 Å². The van der Waals surface area contributed by atoms with Gasteiger partial charge in [0.25, 0.3) is 0 Å². The number of nitrogens with zero attached hydrogens (tertiary/aromatic N) is 4. The molecule has 0 radical (unpaired) electrons. The minimum Gasteiger partial charge on any atom is -0.309 e. The molecule has 9 heteroatoms. The predicted octanol–water partition coefficient (Wildman–Crippen LogP) is 5.67. The van der Waals surface area contributed by atoms with Gasteiger partial charge in [-0.25, -0.2) is 0 Å². The molecule has 3 fully saturated rings. The van der Waals surface area contributed by atoms with Crippen molar-refractivity contribution in [3.63, 3.8) is 0 Å². The van der Waals surface area contributed by atoms with E-state index < -0.39 is 11.7 Å². The van der Waals surface area contributed by atoms with Gasteiger partial charge in [-0.2, -0.15) is 13.2 Å². The molecule has 2 atom stereocenters. The molecule has 0 spiro atoms. The average molecular weight is 487 g/mol. The van der Waals surface area contributed by atoms with Crippen LogP contribution < -0.4 is 0 Å². The van der Waals surface area contributed by atoms with Gasteiger partial charge in [-0.1, -0.05) is 36.7 Å². The predicted molar refractivity (Wildman–Crippen MR) is 122 cm³/mol. The van der Waals surface area contributed by atoms with Crippen molar-refractivity contribution in [1.82, 2.24) is 19.7 Å². The Morgan fingerprint density at radius 1 is 1.12 bits per heavy atom. The molecule has 2 aliphatic carbocycles. The molecule has 0 unspecified atom stereocenters. The molecule has 5 rings (SSSR count). The molecule has 176 valence electrons. The first kappa shape index (κ1) is 23.9. The monoisotopic (exact) mass is 486 g/mol. The summed E-state index contributed by atoms with van der Waals surface area (Å²) in [6.07, 6.45) is 2.97. The summed E-state index contributed by atoms with van der Waals surface area (Å²) in [7, 11) is 2.08. The van der Waals surface area contributed by atoms with E-state index in [1.165, 1.54) is 37.8 Å². The van der Waals surface area contributed by atoms with E-state index >= 15 is 0 Å². The molecule has 0 bridgehead atoms. The van der Waals surface area contributed by atoms with Crippen LogP contribution in [0.25, 0.3) is 0 Å². The molecule has 32 heavy (non-hydrogen) atoms. The number of benzene rings is 1. The van der Waals surface area contributed by atoms with Crippen molar-refractivity contribution < 1.29 is 13.2 Å². The lowest BCUT2D eigenvalue weighted by atomic mass is 9.94. The zero-order valence-corrected chi connectivity index (χ0v) is 19.9. The molecule has 1 aromatic heterocycles. The van der Waals surface area contributed by atoms with Crippen LogP contribution in [0.4, 0.5) is 13.2 Å². The lowest BCUT2D eigenvalue weighted by Crippen LogP contribution is -2.28. The van der Waals surface area contributed by atoms with Gasteiger partial charge in [0, 0.05) is 37.2 Å². The molecular formula is C23H30ClF3N4S. The fourth-order valence-corrected chi connectivity index (χ4v) is 6.48. The number of hydrogen-bond donors (Lipinski definition) is 0. The maximum atomic E-state index is 12.8. The fraction of sp³-hybridized carbons (Fsp3) is 0.652. The molecule has 0 amide bonds. The van der Waals surface area contributed by atoms with Crippen LogP contribution in [0.5, 0.6) is 0 Å². The quantitative estimate of drug-likeness (QED) is 0.373. The van der Waals surface area contributed by atoms with E-state index in [0.717, 1.165) is 54.8 Å². The first-order chi connectivity index (χ1) is 14.9. The fourth-order valence-electron chi connectivity index (χ4n) is 5.64. The van der Waals surface area contributed by atoms with Crippen LogP contribution in [-0.4, -0.2) is 45.1 Å². The Morgan fingerprint density at radius 3 is 2.53 bits per heavy atom. The minimum absolute atomic E-state index is 0. The highest BCUT2D eigenvalue weighted by atomic mass is 35.5.